The molecule has 2 aliphatic rings. The molecule has 0 saturated carbocycles. The molecular formula is C19H33N3OS. The molecule has 3 heterocycles. The summed E-state index contributed by atoms with van der Waals surface area (Å²) in [5, 5.41) is 4.98. The predicted octanol–water partition coefficient (Wildman–Crippen LogP) is 3.57. The SMILES string of the molecule is CC(C)(C)c1ncc(CNCC2(N3CCCCC3)CCOCC2)s1. The van der Waals surface area contributed by atoms with Crippen LogP contribution in [0.3, 0.4) is 0 Å². The number of thiazole rings is 1. The van der Waals surface area contributed by atoms with E-state index in [-0.39, 0.29) is 5.41 Å². The first-order valence-corrected chi connectivity index (χ1v) is 10.3. The van der Waals surface area contributed by atoms with Crippen LogP contribution in [0.15, 0.2) is 6.20 Å². The number of nitrogens with zero attached hydrogens (tertiary/aromatic N) is 2. The third-order valence-electron chi connectivity index (χ3n) is 5.40. The zero-order valence-corrected chi connectivity index (χ0v) is 16.4. The molecule has 1 N–H and O–H groups in total. The van der Waals surface area contributed by atoms with Gasteiger partial charge in [-0.25, -0.2) is 4.98 Å². The van der Waals surface area contributed by atoms with E-state index in [0.717, 1.165) is 39.1 Å². The lowest BCUT2D eigenvalue weighted by molar-refractivity contribution is -0.0357. The van der Waals surface area contributed by atoms with Gasteiger partial charge in [0, 0.05) is 48.3 Å². The molecule has 0 aromatic carbocycles. The molecule has 2 saturated heterocycles. The van der Waals surface area contributed by atoms with Crippen LogP contribution in [0, 0.1) is 0 Å². The van der Waals surface area contributed by atoms with Gasteiger partial charge in [-0.05, 0) is 38.8 Å². The van der Waals surface area contributed by atoms with Crippen LogP contribution in [0.1, 0.15) is 62.8 Å². The Morgan fingerprint density at radius 3 is 2.54 bits per heavy atom. The minimum absolute atomic E-state index is 0.151. The molecule has 0 unspecified atom stereocenters. The number of hydrogen-bond acceptors (Lipinski definition) is 5. The average molecular weight is 352 g/mol. The molecule has 24 heavy (non-hydrogen) atoms. The van der Waals surface area contributed by atoms with Gasteiger partial charge in [0.25, 0.3) is 0 Å². The van der Waals surface area contributed by atoms with E-state index in [1.54, 1.807) is 0 Å². The highest BCUT2D eigenvalue weighted by Gasteiger charge is 2.38. The van der Waals surface area contributed by atoms with Gasteiger partial charge in [0.15, 0.2) is 0 Å². The highest BCUT2D eigenvalue weighted by atomic mass is 32.1. The zero-order chi connectivity index (χ0) is 17.0. The summed E-state index contributed by atoms with van der Waals surface area (Å²) in [5.41, 5.74) is 0.453. The fourth-order valence-electron chi connectivity index (χ4n) is 3.88. The lowest BCUT2D eigenvalue weighted by Gasteiger charge is -2.48. The Balaban J connectivity index is 1.58. The van der Waals surface area contributed by atoms with Gasteiger partial charge >= 0.3 is 0 Å². The van der Waals surface area contributed by atoms with Crippen molar-refractivity contribution in [1.29, 1.82) is 0 Å². The van der Waals surface area contributed by atoms with Gasteiger partial charge in [-0.2, -0.15) is 0 Å². The van der Waals surface area contributed by atoms with Gasteiger partial charge in [-0.3, -0.25) is 4.90 Å². The highest BCUT2D eigenvalue weighted by Crippen LogP contribution is 2.31. The molecule has 0 atom stereocenters. The molecule has 0 amide bonds. The molecule has 1 aromatic heterocycles. The third kappa shape index (κ3) is 4.37. The molecule has 0 radical (unpaired) electrons. The number of piperidine rings is 1. The maximum Gasteiger partial charge on any atom is 0.0981 e. The summed E-state index contributed by atoms with van der Waals surface area (Å²) < 4.78 is 5.66. The topological polar surface area (TPSA) is 37.4 Å². The van der Waals surface area contributed by atoms with E-state index in [0.29, 0.717) is 5.54 Å². The number of aromatic nitrogens is 1. The zero-order valence-electron chi connectivity index (χ0n) is 15.6. The minimum Gasteiger partial charge on any atom is -0.381 e. The van der Waals surface area contributed by atoms with Gasteiger partial charge in [-0.1, -0.05) is 27.2 Å². The van der Waals surface area contributed by atoms with Crippen molar-refractivity contribution in [3.05, 3.63) is 16.1 Å². The summed E-state index contributed by atoms with van der Waals surface area (Å²) in [5.74, 6) is 0. The largest absolute Gasteiger partial charge is 0.381 e. The predicted molar refractivity (Wildman–Crippen MR) is 101 cm³/mol. The Morgan fingerprint density at radius 2 is 1.92 bits per heavy atom. The van der Waals surface area contributed by atoms with Crippen LogP contribution in [-0.2, 0) is 16.7 Å². The van der Waals surface area contributed by atoms with Crippen molar-refractivity contribution in [2.45, 2.75) is 70.4 Å². The second-order valence-corrected chi connectivity index (χ2v) is 9.48. The molecule has 136 valence electrons. The fraction of sp³-hybridized carbons (Fsp3) is 0.842. The van der Waals surface area contributed by atoms with Crippen molar-refractivity contribution >= 4 is 11.3 Å². The van der Waals surface area contributed by atoms with Gasteiger partial charge in [0.1, 0.15) is 0 Å². The van der Waals surface area contributed by atoms with Gasteiger partial charge in [0.05, 0.1) is 5.01 Å². The molecule has 0 spiro atoms. The van der Waals surface area contributed by atoms with Crippen LogP contribution in [0.4, 0.5) is 0 Å². The van der Waals surface area contributed by atoms with Crippen LogP contribution < -0.4 is 5.32 Å². The Morgan fingerprint density at radius 1 is 1.21 bits per heavy atom. The quantitative estimate of drug-likeness (QED) is 0.880. The first kappa shape index (κ1) is 18.3. The second-order valence-electron chi connectivity index (χ2n) is 8.37. The summed E-state index contributed by atoms with van der Waals surface area (Å²) in [6.45, 7) is 13.0. The molecule has 2 aliphatic heterocycles. The standard InChI is InChI=1S/C19H33N3OS/c1-18(2,3)17-21-14-16(24-17)13-20-15-19(7-11-23-12-8-19)22-9-5-4-6-10-22/h14,20H,4-13,15H2,1-3H3. The van der Waals surface area contributed by atoms with Crippen molar-refractivity contribution in [3.63, 3.8) is 0 Å². The van der Waals surface area contributed by atoms with Crippen LogP contribution in [0.2, 0.25) is 0 Å². The van der Waals surface area contributed by atoms with E-state index in [2.05, 4.69) is 42.2 Å². The van der Waals surface area contributed by atoms with Crippen LogP contribution in [0.25, 0.3) is 0 Å². The van der Waals surface area contributed by atoms with Crippen molar-refractivity contribution in [2.24, 2.45) is 0 Å². The summed E-state index contributed by atoms with van der Waals surface area (Å²) >= 11 is 1.85. The third-order valence-corrected chi connectivity index (χ3v) is 6.82. The molecular weight excluding hydrogens is 318 g/mol. The smallest absolute Gasteiger partial charge is 0.0981 e. The maximum absolute atomic E-state index is 5.66. The Labute approximate surface area is 151 Å². The number of rotatable bonds is 5. The lowest BCUT2D eigenvalue weighted by Crippen LogP contribution is -2.59. The van der Waals surface area contributed by atoms with Crippen LogP contribution in [-0.4, -0.2) is 48.3 Å². The molecule has 1 aromatic rings. The van der Waals surface area contributed by atoms with Crippen molar-refractivity contribution in [3.8, 4) is 0 Å². The van der Waals surface area contributed by atoms with Crippen molar-refractivity contribution in [2.75, 3.05) is 32.8 Å². The molecule has 3 rings (SSSR count). The second kappa shape index (κ2) is 7.81. The number of ether oxygens (including phenoxy) is 1. The molecule has 0 bridgehead atoms. The summed E-state index contributed by atoms with van der Waals surface area (Å²) in [7, 11) is 0. The Bertz CT molecular complexity index is 511. The molecule has 0 aliphatic carbocycles. The summed E-state index contributed by atoms with van der Waals surface area (Å²) in [4.78, 5) is 8.71. The summed E-state index contributed by atoms with van der Waals surface area (Å²) in [6, 6.07) is 0. The maximum atomic E-state index is 5.66. The first-order valence-electron chi connectivity index (χ1n) is 9.48. The van der Waals surface area contributed by atoms with Crippen molar-refractivity contribution < 1.29 is 4.74 Å². The van der Waals surface area contributed by atoms with E-state index < -0.39 is 0 Å². The monoisotopic (exact) mass is 351 g/mol. The van der Waals surface area contributed by atoms with E-state index in [9.17, 15) is 0 Å². The van der Waals surface area contributed by atoms with E-state index >= 15 is 0 Å². The Hall–Kier alpha value is -0.490. The van der Waals surface area contributed by atoms with Gasteiger partial charge in [0.2, 0.25) is 0 Å². The van der Waals surface area contributed by atoms with Crippen molar-refractivity contribution in [1.82, 2.24) is 15.2 Å². The lowest BCUT2D eigenvalue weighted by atomic mass is 9.86. The van der Waals surface area contributed by atoms with E-state index in [4.69, 9.17) is 4.74 Å². The Kier molecular flexibility index (Phi) is 5.96. The van der Waals surface area contributed by atoms with E-state index in [1.165, 1.54) is 42.2 Å². The van der Waals surface area contributed by atoms with Gasteiger partial charge < -0.3 is 10.1 Å². The average Bonchev–Trinajstić information content (AvgIpc) is 3.06. The normalized spacial score (nSPS) is 22.6. The van der Waals surface area contributed by atoms with Crippen LogP contribution in [0.5, 0.6) is 0 Å². The first-order chi connectivity index (χ1) is 11.5. The highest BCUT2D eigenvalue weighted by molar-refractivity contribution is 7.11. The van der Waals surface area contributed by atoms with Gasteiger partial charge in [-0.15, -0.1) is 11.3 Å². The fourth-order valence-corrected chi connectivity index (χ4v) is 4.82. The number of likely N-dealkylation sites (tertiary alicyclic amines) is 1. The van der Waals surface area contributed by atoms with Crippen LogP contribution >= 0.6 is 11.3 Å². The molecule has 5 heteroatoms. The minimum atomic E-state index is 0.151. The molecule has 2 fully saturated rings. The number of hydrogen-bond donors (Lipinski definition) is 1. The molecule has 4 nitrogen and oxygen atoms in total. The number of nitrogens with one attached hydrogen (secondary N) is 1. The van der Waals surface area contributed by atoms with E-state index in [1.807, 2.05) is 11.3 Å². The summed E-state index contributed by atoms with van der Waals surface area (Å²) in [6.07, 6.45) is 8.48.